The number of fused-ring (bicyclic) bond motifs is 4. The predicted molar refractivity (Wildman–Crippen MR) is 94.1 cm³/mol. The van der Waals surface area contributed by atoms with Crippen molar-refractivity contribution in [1.29, 1.82) is 0 Å². The van der Waals surface area contributed by atoms with E-state index < -0.39 is 0 Å². The lowest BCUT2D eigenvalue weighted by molar-refractivity contribution is -0.129. The van der Waals surface area contributed by atoms with Gasteiger partial charge in [0.2, 0.25) is 5.91 Å². The smallest absolute Gasteiger partial charge is 0.257 e. The number of carbonyl (C=O) groups is 2. The molecule has 0 saturated carbocycles. The summed E-state index contributed by atoms with van der Waals surface area (Å²) in [4.78, 5) is 39.3. The lowest BCUT2D eigenvalue weighted by atomic mass is 9.94. The zero-order chi connectivity index (χ0) is 18.0. The van der Waals surface area contributed by atoms with Crippen molar-refractivity contribution in [3.8, 4) is 0 Å². The molecule has 0 N–H and O–H groups in total. The molecule has 0 aromatic carbocycles. The number of piperidine rings is 1. The van der Waals surface area contributed by atoms with Crippen molar-refractivity contribution in [2.75, 3.05) is 40.3 Å². The number of nitrogens with zero attached hydrogens (tertiary/aromatic N) is 5. The molecule has 2 atom stereocenters. The van der Waals surface area contributed by atoms with Crippen LogP contribution < -0.4 is 0 Å². The average Bonchev–Trinajstić information content (AvgIpc) is 2.91. The van der Waals surface area contributed by atoms with Crippen LogP contribution in [0.4, 0.5) is 0 Å². The van der Waals surface area contributed by atoms with E-state index in [4.69, 9.17) is 0 Å². The fraction of sp³-hybridized carbons (Fsp3) is 0.667. The Balaban J connectivity index is 1.71. The molecule has 136 valence electrons. The van der Waals surface area contributed by atoms with Gasteiger partial charge in [-0.05, 0) is 18.8 Å². The Kier molecular flexibility index (Phi) is 5.32. The summed E-state index contributed by atoms with van der Waals surface area (Å²) in [6.07, 6.45) is 6.15. The Morgan fingerprint density at radius 1 is 1.16 bits per heavy atom. The molecule has 25 heavy (non-hydrogen) atoms. The molecule has 0 spiro atoms. The Morgan fingerprint density at radius 2 is 1.88 bits per heavy atom. The minimum Gasteiger partial charge on any atom is -0.348 e. The van der Waals surface area contributed by atoms with Crippen LogP contribution in [0.15, 0.2) is 12.4 Å². The molecular weight excluding hydrogens is 318 g/mol. The highest BCUT2D eigenvalue weighted by molar-refractivity contribution is 5.94. The standard InChI is InChI=1S/C18H27N5O2/c1-4-16-19-7-14(8-20-16)18(25)23-10-13-5-6-15(23)11-22(9-13)12-17(24)21(2)3/h7-8,13,15H,4-6,9-12H2,1-3H3/t13-,15+/m1/s1. The van der Waals surface area contributed by atoms with E-state index in [9.17, 15) is 9.59 Å². The zero-order valence-electron chi connectivity index (χ0n) is 15.3. The number of hydrogen-bond acceptors (Lipinski definition) is 5. The third kappa shape index (κ3) is 3.98. The molecule has 3 aliphatic rings. The van der Waals surface area contributed by atoms with E-state index in [1.165, 1.54) is 0 Å². The van der Waals surface area contributed by atoms with Gasteiger partial charge in [-0.15, -0.1) is 0 Å². The Morgan fingerprint density at radius 3 is 2.52 bits per heavy atom. The first-order valence-corrected chi connectivity index (χ1v) is 9.02. The number of rotatable bonds is 4. The van der Waals surface area contributed by atoms with E-state index in [0.29, 0.717) is 18.0 Å². The maximum Gasteiger partial charge on any atom is 0.257 e. The Hall–Kier alpha value is -2.02. The average molecular weight is 345 g/mol. The van der Waals surface area contributed by atoms with Crippen LogP contribution in [0.25, 0.3) is 0 Å². The molecule has 0 aliphatic carbocycles. The number of carbonyl (C=O) groups excluding carboxylic acids is 2. The second-order valence-electron chi connectivity index (χ2n) is 7.28. The SMILES string of the molecule is CCc1ncc(C(=O)N2C[C@@H]3CC[C@H]2CN(CC(=O)N(C)C)C3)cn1. The molecule has 2 bridgehead atoms. The maximum atomic E-state index is 12.9. The Bertz CT molecular complexity index is 631. The number of likely N-dealkylation sites (N-methyl/N-ethyl adjacent to an activating group) is 1. The molecule has 0 radical (unpaired) electrons. The first-order chi connectivity index (χ1) is 12.0. The highest BCUT2D eigenvalue weighted by atomic mass is 16.2. The minimum atomic E-state index is 0.0122. The molecule has 1 aromatic heterocycles. The van der Waals surface area contributed by atoms with Gasteiger partial charge >= 0.3 is 0 Å². The van der Waals surface area contributed by atoms with Gasteiger partial charge in [-0.1, -0.05) is 6.92 Å². The maximum absolute atomic E-state index is 12.9. The van der Waals surface area contributed by atoms with Gasteiger partial charge in [-0.3, -0.25) is 14.5 Å². The van der Waals surface area contributed by atoms with Crippen molar-refractivity contribution < 1.29 is 9.59 Å². The summed E-state index contributed by atoms with van der Waals surface area (Å²) in [5.74, 6) is 1.30. The van der Waals surface area contributed by atoms with Crippen LogP contribution in [-0.4, -0.2) is 82.8 Å². The van der Waals surface area contributed by atoms with E-state index in [1.807, 2.05) is 11.8 Å². The van der Waals surface area contributed by atoms with Crippen LogP contribution in [0.5, 0.6) is 0 Å². The molecule has 4 heterocycles. The molecule has 3 saturated heterocycles. The summed E-state index contributed by atoms with van der Waals surface area (Å²) >= 11 is 0. The molecule has 7 nitrogen and oxygen atoms in total. The van der Waals surface area contributed by atoms with Crippen LogP contribution in [0.1, 0.15) is 35.9 Å². The van der Waals surface area contributed by atoms with Gasteiger partial charge in [-0.25, -0.2) is 9.97 Å². The fourth-order valence-electron chi connectivity index (χ4n) is 3.70. The molecule has 4 rings (SSSR count). The normalized spacial score (nSPS) is 23.4. The van der Waals surface area contributed by atoms with Crippen LogP contribution >= 0.6 is 0 Å². The van der Waals surface area contributed by atoms with Gasteiger partial charge in [0.1, 0.15) is 5.82 Å². The van der Waals surface area contributed by atoms with Crippen LogP contribution in [0.3, 0.4) is 0 Å². The summed E-state index contributed by atoms with van der Waals surface area (Å²) in [5, 5.41) is 0. The van der Waals surface area contributed by atoms with Gasteiger partial charge in [0, 0.05) is 58.6 Å². The largest absolute Gasteiger partial charge is 0.348 e. The summed E-state index contributed by atoms with van der Waals surface area (Å²) < 4.78 is 0. The van der Waals surface area contributed by atoms with E-state index in [1.54, 1.807) is 31.4 Å². The van der Waals surface area contributed by atoms with Crippen molar-refractivity contribution in [3.63, 3.8) is 0 Å². The first-order valence-electron chi connectivity index (χ1n) is 9.02. The fourth-order valence-corrected chi connectivity index (χ4v) is 3.70. The summed E-state index contributed by atoms with van der Waals surface area (Å²) in [6.45, 7) is 4.82. The van der Waals surface area contributed by atoms with Crippen molar-refractivity contribution in [2.24, 2.45) is 5.92 Å². The highest BCUT2D eigenvalue weighted by Gasteiger charge is 2.38. The van der Waals surface area contributed by atoms with Crippen LogP contribution in [0.2, 0.25) is 0 Å². The summed E-state index contributed by atoms with van der Waals surface area (Å²) in [7, 11) is 3.56. The van der Waals surface area contributed by atoms with Gasteiger partial charge in [0.25, 0.3) is 5.91 Å². The second kappa shape index (κ2) is 7.47. The molecule has 3 aliphatic heterocycles. The molecule has 1 aromatic rings. The Labute approximate surface area is 149 Å². The monoisotopic (exact) mass is 345 g/mol. The van der Waals surface area contributed by atoms with Crippen LogP contribution in [-0.2, 0) is 11.2 Å². The van der Waals surface area contributed by atoms with Gasteiger partial charge < -0.3 is 9.80 Å². The first kappa shape index (κ1) is 17.8. The van der Waals surface area contributed by atoms with Crippen molar-refractivity contribution >= 4 is 11.8 Å². The van der Waals surface area contributed by atoms with Crippen molar-refractivity contribution in [2.45, 2.75) is 32.2 Å². The van der Waals surface area contributed by atoms with E-state index in [-0.39, 0.29) is 17.9 Å². The third-order valence-electron chi connectivity index (χ3n) is 5.18. The number of hydrogen-bond donors (Lipinski definition) is 0. The molecule has 3 fully saturated rings. The lowest BCUT2D eigenvalue weighted by Crippen LogP contribution is -2.47. The van der Waals surface area contributed by atoms with Crippen LogP contribution in [0, 0.1) is 5.92 Å². The second-order valence-corrected chi connectivity index (χ2v) is 7.28. The number of aryl methyl sites for hydroxylation is 1. The van der Waals surface area contributed by atoms with E-state index in [0.717, 1.165) is 44.7 Å². The third-order valence-corrected chi connectivity index (χ3v) is 5.18. The molecule has 0 unspecified atom stereocenters. The van der Waals surface area contributed by atoms with Gasteiger partial charge in [0.15, 0.2) is 0 Å². The molecule has 7 heteroatoms. The van der Waals surface area contributed by atoms with E-state index >= 15 is 0 Å². The zero-order valence-corrected chi connectivity index (χ0v) is 15.3. The molecule has 2 amide bonds. The van der Waals surface area contributed by atoms with Gasteiger partial charge in [0.05, 0.1) is 12.1 Å². The van der Waals surface area contributed by atoms with E-state index in [2.05, 4.69) is 14.9 Å². The van der Waals surface area contributed by atoms with Gasteiger partial charge in [-0.2, -0.15) is 0 Å². The number of amides is 2. The van der Waals surface area contributed by atoms with Crippen molar-refractivity contribution in [1.82, 2.24) is 24.7 Å². The summed E-state index contributed by atoms with van der Waals surface area (Å²) in [5.41, 5.74) is 0.556. The number of aromatic nitrogens is 2. The minimum absolute atomic E-state index is 0.0122. The summed E-state index contributed by atoms with van der Waals surface area (Å²) in [6, 6.07) is 0.159. The quantitative estimate of drug-likeness (QED) is 0.802. The molecular formula is C18H27N5O2. The highest BCUT2D eigenvalue weighted by Crippen LogP contribution is 2.29. The topological polar surface area (TPSA) is 69.6 Å². The van der Waals surface area contributed by atoms with Crippen molar-refractivity contribution in [3.05, 3.63) is 23.8 Å². The lowest BCUT2D eigenvalue weighted by Gasteiger charge is -2.36. The predicted octanol–water partition coefficient (Wildman–Crippen LogP) is 0.664.